The van der Waals surface area contributed by atoms with Crippen LogP contribution in [-0.2, 0) is 6.54 Å². The largest absolute Gasteiger partial charge is 0.349 e. The van der Waals surface area contributed by atoms with E-state index in [1.807, 2.05) is 6.20 Å². The Bertz CT molecular complexity index is 379. The van der Waals surface area contributed by atoms with Crippen LogP contribution in [-0.4, -0.2) is 24.1 Å². The molecule has 5 heteroatoms. The molecule has 0 bridgehead atoms. The third kappa shape index (κ3) is 4.28. The molecular formula is C13H22N4S. The highest BCUT2D eigenvalue weighted by Gasteiger charge is 2.09. The molecule has 1 heterocycles. The molecule has 18 heavy (non-hydrogen) atoms. The van der Waals surface area contributed by atoms with Crippen LogP contribution in [0.15, 0.2) is 6.20 Å². The highest BCUT2D eigenvalue weighted by atomic mass is 32.1. The number of thiazole rings is 1. The molecule has 1 rings (SSSR count). The number of anilines is 1. The second kappa shape index (κ2) is 8.06. The van der Waals surface area contributed by atoms with Crippen molar-refractivity contribution in [3.05, 3.63) is 11.1 Å². The van der Waals surface area contributed by atoms with E-state index in [1.54, 1.807) is 11.3 Å². The van der Waals surface area contributed by atoms with Crippen molar-refractivity contribution >= 4 is 16.5 Å². The molecule has 1 N–H and O–H groups in total. The molecular weight excluding hydrogens is 244 g/mol. The van der Waals surface area contributed by atoms with Gasteiger partial charge in [-0.3, -0.25) is 0 Å². The molecule has 0 radical (unpaired) electrons. The van der Waals surface area contributed by atoms with E-state index in [-0.39, 0.29) is 6.04 Å². The van der Waals surface area contributed by atoms with E-state index < -0.39 is 0 Å². The normalized spacial score (nSPS) is 12.1. The fraction of sp³-hybridized carbons (Fsp3) is 0.692. The number of nitriles is 1. The Morgan fingerprint density at radius 1 is 1.44 bits per heavy atom. The lowest BCUT2D eigenvalue weighted by atomic mass is 10.2. The van der Waals surface area contributed by atoms with Gasteiger partial charge in [0.15, 0.2) is 5.13 Å². The molecule has 0 amide bonds. The van der Waals surface area contributed by atoms with Crippen molar-refractivity contribution in [1.29, 1.82) is 5.26 Å². The standard InChI is InChI=1S/C13H22N4S/c1-4-11(7-8-14)15-9-12-10-16-13(18-12)17(5-2)6-3/h10-11,15H,4-7,9H2,1-3H3. The first-order valence-electron chi connectivity index (χ1n) is 6.55. The van der Waals surface area contributed by atoms with Crippen LogP contribution in [0.1, 0.15) is 38.5 Å². The predicted molar refractivity (Wildman–Crippen MR) is 76.8 cm³/mol. The van der Waals surface area contributed by atoms with Gasteiger partial charge in [-0.2, -0.15) is 5.26 Å². The zero-order chi connectivity index (χ0) is 13.4. The Hall–Kier alpha value is -1.12. The maximum atomic E-state index is 8.70. The van der Waals surface area contributed by atoms with Gasteiger partial charge in [-0.15, -0.1) is 11.3 Å². The number of nitrogens with zero attached hydrogens (tertiary/aromatic N) is 3. The van der Waals surface area contributed by atoms with Gasteiger partial charge < -0.3 is 10.2 Å². The fourth-order valence-corrected chi connectivity index (χ4v) is 2.72. The van der Waals surface area contributed by atoms with E-state index in [9.17, 15) is 0 Å². The van der Waals surface area contributed by atoms with Crippen LogP contribution in [0.5, 0.6) is 0 Å². The molecule has 0 aromatic carbocycles. The summed E-state index contributed by atoms with van der Waals surface area (Å²) < 4.78 is 0. The van der Waals surface area contributed by atoms with E-state index in [1.165, 1.54) is 4.88 Å². The Kier molecular flexibility index (Phi) is 6.69. The van der Waals surface area contributed by atoms with E-state index in [0.29, 0.717) is 6.42 Å². The number of rotatable bonds is 8. The molecule has 1 unspecified atom stereocenters. The summed E-state index contributed by atoms with van der Waals surface area (Å²) in [5.74, 6) is 0. The van der Waals surface area contributed by atoms with Crippen LogP contribution in [0.3, 0.4) is 0 Å². The van der Waals surface area contributed by atoms with Gasteiger partial charge in [0.05, 0.1) is 12.5 Å². The molecule has 4 nitrogen and oxygen atoms in total. The van der Waals surface area contributed by atoms with Gasteiger partial charge in [-0.25, -0.2) is 4.98 Å². The number of hydrogen-bond donors (Lipinski definition) is 1. The molecule has 1 atom stereocenters. The van der Waals surface area contributed by atoms with Crippen LogP contribution in [0.2, 0.25) is 0 Å². The number of hydrogen-bond acceptors (Lipinski definition) is 5. The Labute approximate surface area is 114 Å². The highest BCUT2D eigenvalue weighted by Crippen LogP contribution is 2.22. The lowest BCUT2D eigenvalue weighted by Gasteiger charge is -2.16. The van der Waals surface area contributed by atoms with Gasteiger partial charge in [-0.1, -0.05) is 6.92 Å². The quantitative estimate of drug-likeness (QED) is 0.786. The average Bonchev–Trinajstić information content (AvgIpc) is 2.85. The summed E-state index contributed by atoms with van der Waals surface area (Å²) in [6.07, 6.45) is 3.48. The fourth-order valence-electron chi connectivity index (χ4n) is 1.74. The highest BCUT2D eigenvalue weighted by molar-refractivity contribution is 7.15. The molecule has 0 aliphatic carbocycles. The van der Waals surface area contributed by atoms with Gasteiger partial charge in [0, 0.05) is 36.8 Å². The maximum Gasteiger partial charge on any atom is 0.185 e. The Morgan fingerprint density at radius 2 is 2.17 bits per heavy atom. The lowest BCUT2D eigenvalue weighted by Crippen LogP contribution is -2.27. The van der Waals surface area contributed by atoms with E-state index >= 15 is 0 Å². The van der Waals surface area contributed by atoms with Crippen molar-refractivity contribution in [1.82, 2.24) is 10.3 Å². The summed E-state index contributed by atoms with van der Waals surface area (Å²) >= 11 is 1.73. The summed E-state index contributed by atoms with van der Waals surface area (Å²) in [5.41, 5.74) is 0. The van der Waals surface area contributed by atoms with Crippen molar-refractivity contribution in [3.63, 3.8) is 0 Å². The second-order valence-corrected chi connectivity index (χ2v) is 5.22. The molecule has 100 valence electrons. The van der Waals surface area contributed by atoms with Gasteiger partial charge in [0.25, 0.3) is 0 Å². The maximum absolute atomic E-state index is 8.70. The first-order chi connectivity index (χ1) is 8.74. The summed E-state index contributed by atoms with van der Waals surface area (Å²) in [5, 5.41) is 13.2. The SMILES string of the molecule is CCC(CC#N)NCc1cnc(N(CC)CC)s1. The first-order valence-corrected chi connectivity index (χ1v) is 7.36. The van der Waals surface area contributed by atoms with Gasteiger partial charge in [0.2, 0.25) is 0 Å². The smallest absolute Gasteiger partial charge is 0.185 e. The van der Waals surface area contributed by atoms with Crippen LogP contribution in [0, 0.1) is 11.3 Å². The van der Waals surface area contributed by atoms with E-state index in [4.69, 9.17) is 5.26 Å². The van der Waals surface area contributed by atoms with Crippen molar-refractivity contribution in [2.75, 3.05) is 18.0 Å². The van der Waals surface area contributed by atoms with Crippen LogP contribution >= 0.6 is 11.3 Å². The minimum atomic E-state index is 0.286. The monoisotopic (exact) mass is 266 g/mol. The molecule has 0 fully saturated rings. The van der Waals surface area contributed by atoms with Crippen molar-refractivity contribution in [2.45, 2.75) is 46.2 Å². The van der Waals surface area contributed by atoms with Crippen LogP contribution in [0.4, 0.5) is 5.13 Å². The van der Waals surface area contributed by atoms with Gasteiger partial charge in [0.1, 0.15) is 0 Å². The predicted octanol–water partition coefficient (Wildman–Crippen LogP) is 2.77. The third-order valence-corrected chi connectivity index (χ3v) is 4.03. The van der Waals surface area contributed by atoms with Crippen molar-refractivity contribution < 1.29 is 0 Å². The average molecular weight is 266 g/mol. The first kappa shape index (κ1) is 14.9. The molecule has 0 aliphatic heterocycles. The van der Waals surface area contributed by atoms with Crippen LogP contribution < -0.4 is 10.2 Å². The zero-order valence-corrected chi connectivity index (χ0v) is 12.3. The van der Waals surface area contributed by atoms with Crippen LogP contribution in [0.25, 0.3) is 0 Å². The summed E-state index contributed by atoms with van der Waals surface area (Å²) in [6.45, 7) is 9.17. The Morgan fingerprint density at radius 3 is 2.72 bits per heavy atom. The molecule has 0 spiro atoms. The van der Waals surface area contributed by atoms with Gasteiger partial charge >= 0.3 is 0 Å². The molecule has 0 saturated heterocycles. The topological polar surface area (TPSA) is 52.0 Å². The van der Waals surface area contributed by atoms with E-state index in [0.717, 1.165) is 31.2 Å². The summed E-state index contributed by atoms with van der Waals surface area (Å²) in [6, 6.07) is 2.50. The molecule has 0 saturated carbocycles. The zero-order valence-electron chi connectivity index (χ0n) is 11.4. The van der Waals surface area contributed by atoms with E-state index in [2.05, 4.69) is 42.0 Å². The Balaban J connectivity index is 2.51. The minimum absolute atomic E-state index is 0.286. The number of nitrogens with one attached hydrogen (secondary N) is 1. The molecule has 1 aromatic rings. The van der Waals surface area contributed by atoms with Gasteiger partial charge in [-0.05, 0) is 20.3 Å². The molecule has 1 aromatic heterocycles. The minimum Gasteiger partial charge on any atom is -0.349 e. The van der Waals surface area contributed by atoms with Crippen molar-refractivity contribution in [3.8, 4) is 6.07 Å². The lowest BCUT2D eigenvalue weighted by molar-refractivity contribution is 0.507. The molecule has 0 aliphatic rings. The third-order valence-electron chi connectivity index (χ3n) is 2.97. The second-order valence-electron chi connectivity index (χ2n) is 4.13. The summed E-state index contributed by atoms with van der Waals surface area (Å²) in [4.78, 5) is 7.93. The summed E-state index contributed by atoms with van der Waals surface area (Å²) in [7, 11) is 0. The number of aromatic nitrogens is 1. The van der Waals surface area contributed by atoms with Crippen molar-refractivity contribution in [2.24, 2.45) is 0 Å².